The fraction of sp³-hybridized carbons (Fsp3) is 0. The van der Waals surface area contributed by atoms with Crippen LogP contribution in [0.25, 0.3) is 5.57 Å². The highest BCUT2D eigenvalue weighted by molar-refractivity contribution is 9.18. The molecule has 24 heavy (non-hydrogen) atoms. The van der Waals surface area contributed by atoms with Gasteiger partial charge >= 0.3 is 6.97 Å². The minimum atomic E-state index is -3.99. The van der Waals surface area contributed by atoms with Crippen molar-refractivity contribution in [3.05, 3.63) is 73.0 Å². The van der Waals surface area contributed by atoms with E-state index in [0.717, 1.165) is 29.0 Å². The molecule has 0 saturated carbocycles. The molecule has 0 saturated heterocycles. The first kappa shape index (κ1) is 16.9. The molecule has 4 rings (SSSR count). The van der Waals surface area contributed by atoms with Crippen LogP contribution in [-0.2, 0) is 0 Å². The van der Waals surface area contributed by atoms with Gasteiger partial charge in [-0.25, -0.2) is 0 Å². The Bertz CT molecular complexity index is 991. The molecule has 1 aromatic heterocycles. The van der Waals surface area contributed by atoms with E-state index in [9.17, 15) is 0 Å². The van der Waals surface area contributed by atoms with Crippen LogP contribution in [0.1, 0.15) is 11.3 Å². The van der Waals surface area contributed by atoms with E-state index < -0.39 is 6.97 Å². The van der Waals surface area contributed by atoms with Crippen molar-refractivity contribution in [1.29, 1.82) is 0 Å². The average Bonchev–Trinajstić information content (AvgIpc) is 3.09. The fourth-order valence-corrected chi connectivity index (χ4v) is 5.07. The SMILES string of the molecule is F[B-]1(F)n2c(Br)ccc2C(c2cccc(Br)c2Br)=C2C=CC(Br)=[N+]21. The van der Waals surface area contributed by atoms with E-state index in [-0.39, 0.29) is 0 Å². The number of aromatic nitrogens is 1. The molecule has 2 aliphatic rings. The first-order chi connectivity index (χ1) is 11.3. The van der Waals surface area contributed by atoms with Gasteiger partial charge in [0.05, 0.1) is 10.2 Å². The van der Waals surface area contributed by atoms with Crippen LogP contribution in [0.3, 0.4) is 0 Å². The summed E-state index contributed by atoms with van der Waals surface area (Å²) in [5.74, 6) is 0. The molecule has 0 radical (unpaired) electrons. The Hall–Kier alpha value is -0.505. The van der Waals surface area contributed by atoms with E-state index in [1.807, 2.05) is 18.2 Å². The minimum Gasteiger partial charge on any atom is -0.389 e. The second-order valence-corrected chi connectivity index (χ2v) is 8.66. The lowest BCUT2D eigenvalue weighted by atomic mass is 9.86. The van der Waals surface area contributed by atoms with E-state index in [0.29, 0.717) is 20.6 Å². The van der Waals surface area contributed by atoms with Crippen molar-refractivity contribution >= 4 is 80.9 Å². The summed E-state index contributed by atoms with van der Waals surface area (Å²) in [6, 6.07) is 9.07. The maximum atomic E-state index is 15.1. The first-order valence-corrected chi connectivity index (χ1v) is 10.1. The molecule has 0 unspecified atom stereocenters. The maximum Gasteiger partial charge on any atom is 0.738 e. The highest BCUT2D eigenvalue weighted by Gasteiger charge is 2.54. The van der Waals surface area contributed by atoms with Gasteiger partial charge in [0.2, 0.25) is 4.62 Å². The molecule has 0 N–H and O–H groups in total. The number of fused-ring (bicyclic) bond motifs is 2. The summed E-state index contributed by atoms with van der Waals surface area (Å²) in [5, 5.41) is 0. The molecule has 9 heteroatoms. The summed E-state index contributed by atoms with van der Waals surface area (Å²) < 4.78 is 34.8. The van der Waals surface area contributed by atoms with Gasteiger partial charge in [-0.2, -0.15) is 0 Å². The molecular formula is C15H7BBr4F2N2. The first-order valence-electron chi connectivity index (χ1n) is 6.92. The van der Waals surface area contributed by atoms with Gasteiger partial charge in [-0.1, -0.05) is 12.1 Å². The van der Waals surface area contributed by atoms with Crippen LogP contribution in [0.15, 0.2) is 61.7 Å². The van der Waals surface area contributed by atoms with E-state index in [2.05, 4.69) is 63.7 Å². The maximum absolute atomic E-state index is 15.1. The molecular weight excluding hydrogens is 577 g/mol. The summed E-state index contributed by atoms with van der Waals surface area (Å²) >= 11 is 13.6. The van der Waals surface area contributed by atoms with Crippen LogP contribution >= 0.6 is 63.7 Å². The third-order valence-corrected chi connectivity index (χ3v) is 7.43. The van der Waals surface area contributed by atoms with Crippen LogP contribution in [-0.4, -0.2) is 20.6 Å². The van der Waals surface area contributed by atoms with Crippen LogP contribution in [0.2, 0.25) is 0 Å². The van der Waals surface area contributed by atoms with Gasteiger partial charge in [0.1, 0.15) is 0 Å². The summed E-state index contributed by atoms with van der Waals surface area (Å²) in [7, 11) is 0. The lowest BCUT2D eigenvalue weighted by Crippen LogP contribution is -2.50. The van der Waals surface area contributed by atoms with Crippen LogP contribution in [0, 0.1) is 0 Å². The van der Waals surface area contributed by atoms with Gasteiger partial charge in [0.15, 0.2) is 5.70 Å². The second kappa shape index (κ2) is 5.76. The number of benzene rings is 1. The zero-order chi connectivity index (χ0) is 17.2. The number of rotatable bonds is 1. The zero-order valence-corrected chi connectivity index (χ0v) is 18.1. The largest absolute Gasteiger partial charge is 0.738 e. The molecule has 0 aliphatic carbocycles. The van der Waals surface area contributed by atoms with E-state index in [4.69, 9.17) is 0 Å². The molecule has 2 nitrogen and oxygen atoms in total. The molecule has 0 atom stereocenters. The predicted octanol–water partition coefficient (Wildman–Crippen LogP) is 6.15. The molecule has 0 spiro atoms. The zero-order valence-electron chi connectivity index (χ0n) is 11.8. The molecule has 1 aromatic carbocycles. The Balaban J connectivity index is 2.15. The minimum absolute atomic E-state index is 0.345. The van der Waals surface area contributed by atoms with E-state index in [1.165, 1.54) is 0 Å². The number of nitrogens with zero attached hydrogens (tertiary/aromatic N) is 2. The lowest BCUT2D eigenvalue weighted by molar-refractivity contribution is -0.358. The Labute approximate surface area is 170 Å². The summed E-state index contributed by atoms with van der Waals surface area (Å²) in [5.41, 5.74) is 2.54. The number of allylic oxidation sites excluding steroid dienone is 2. The molecule has 0 amide bonds. The highest BCUT2D eigenvalue weighted by atomic mass is 79.9. The molecule has 3 heterocycles. The standard InChI is InChI=1S/C15H7BBr4F2N2/c17-9-3-1-2-8(15(9)20)14-10-4-6-12(18)23(10)16(21,22)24-11(14)5-7-13(24)19/h1-7H. The normalized spacial score (nSPS) is 18.2. The van der Waals surface area contributed by atoms with Crippen molar-refractivity contribution in [2.45, 2.75) is 0 Å². The monoisotopic (exact) mass is 580 g/mol. The van der Waals surface area contributed by atoms with Gasteiger partial charge in [-0.3, -0.25) is 0 Å². The Morgan fingerprint density at radius 1 is 0.958 bits per heavy atom. The summed E-state index contributed by atoms with van der Waals surface area (Å²) in [6.45, 7) is -3.99. The molecule has 2 aromatic rings. The van der Waals surface area contributed by atoms with Gasteiger partial charge in [0.25, 0.3) is 0 Å². The predicted molar refractivity (Wildman–Crippen MR) is 107 cm³/mol. The van der Waals surface area contributed by atoms with E-state index >= 15 is 8.63 Å². The third-order valence-electron chi connectivity index (χ3n) is 4.09. The number of hydrogen-bond acceptors (Lipinski definition) is 0. The topological polar surface area (TPSA) is 7.94 Å². The second-order valence-electron chi connectivity index (χ2n) is 5.39. The summed E-state index contributed by atoms with van der Waals surface area (Å²) in [6.07, 6.45) is 3.37. The average molecular weight is 584 g/mol. The van der Waals surface area contributed by atoms with Gasteiger partial charge < -0.3 is 17.6 Å². The third kappa shape index (κ3) is 2.24. The van der Waals surface area contributed by atoms with Crippen molar-refractivity contribution in [3.63, 3.8) is 0 Å². The van der Waals surface area contributed by atoms with Crippen molar-refractivity contribution in [2.75, 3.05) is 0 Å². The van der Waals surface area contributed by atoms with Crippen LogP contribution < -0.4 is 0 Å². The molecule has 2 aliphatic heterocycles. The number of halogens is 6. The summed E-state index contributed by atoms with van der Waals surface area (Å²) in [4.78, 5) is 0. The van der Waals surface area contributed by atoms with Gasteiger partial charge in [-0.15, -0.1) is 0 Å². The van der Waals surface area contributed by atoms with Crippen molar-refractivity contribution in [1.82, 2.24) is 4.48 Å². The van der Waals surface area contributed by atoms with Crippen LogP contribution in [0.4, 0.5) is 8.63 Å². The van der Waals surface area contributed by atoms with Crippen LogP contribution in [0.5, 0.6) is 0 Å². The Kier molecular flexibility index (Phi) is 4.06. The van der Waals surface area contributed by atoms with Crippen molar-refractivity contribution < 1.29 is 13.1 Å². The lowest BCUT2D eigenvalue weighted by Gasteiger charge is -2.32. The van der Waals surface area contributed by atoms with Crippen molar-refractivity contribution in [2.24, 2.45) is 0 Å². The molecule has 0 bridgehead atoms. The smallest absolute Gasteiger partial charge is 0.389 e. The fourth-order valence-electron chi connectivity index (χ4n) is 3.11. The molecule has 122 valence electrons. The number of hydrogen-bond donors (Lipinski definition) is 0. The highest BCUT2D eigenvalue weighted by Crippen LogP contribution is 2.44. The van der Waals surface area contributed by atoms with Gasteiger partial charge in [-0.05, 0) is 66.0 Å². The van der Waals surface area contributed by atoms with E-state index in [1.54, 1.807) is 24.3 Å². The van der Waals surface area contributed by atoms with Gasteiger partial charge in [0, 0.05) is 48.3 Å². The van der Waals surface area contributed by atoms with Crippen molar-refractivity contribution in [3.8, 4) is 0 Å². The quantitative estimate of drug-likeness (QED) is 0.356. The Morgan fingerprint density at radius 2 is 1.71 bits per heavy atom. The molecule has 0 fully saturated rings. The Morgan fingerprint density at radius 3 is 2.46 bits per heavy atom.